The van der Waals surface area contributed by atoms with Crippen molar-refractivity contribution >= 4 is 17.3 Å². The number of para-hydroxylation sites is 1. The summed E-state index contributed by atoms with van der Waals surface area (Å²) in [5.74, 6) is -0.720. The number of halogens is 3. The molecule has 4 heteroatoms. The summed E-state index contributed by atoms with van der Waals surface area (Å²) < 4.78 is 26.7. The highest BCUT2D eigenvalue weighted by molar-refractivity contribution is 6.30. The molecular formula is C14H12ClF2N. The lowest BCUT2D eigenvalue weighted by molar-refractivity contribution is 0.625. The molecule has 0 fully saturated rings. The van der Waals surface area contributed by atoms with Crippen LogP contribution in [0.15, 0.2) is 36.4 Å². The van der Waals surface area contributed by atoms with E-state index in [-0.39, 0.29) is 5.82 Å². The first kappa shape index (κ1) is 12.8. The quantitative estimate of drug-likeness (QED) is 0.861. The Morgan fingerprint density at radius 2 is 1.94 bits per heavy atom. The maximum absolute atomic E-state index is 13.5. The van der Waals surface area contributed by atoms with Crippen LogP contribution in [0.4, 0.5) is 14.5 Å². The van der Waals surface area contributed by atoms with Gasteiger partial charge >= 0.3 is 0 Å². The second kappa shape index (κ2) is 5.36. The van der Waals surface area contributed by atoms with Crippen LogP contribution in [0.3, 0.4) is 0 Å². The molecule has 0 spiro atoms. The molecular weight excluding hydrogens is 256 g/mol. The fraction of sp³-hybridized carbons (Fsp3) is 0.143. The molecule has 0 saturated heterocycles. The van der Waals surface area contributed by atoms with Crippen molar-refractivity contribution < 1.29 is 8.78 Å². The molecule has 0 atom stereocenters. The van der Waals surface area contributed by atoms with Crippen LogP contribution in [-0.2, 0) is 6.54 Å². The van der Waals surface area contributed by atoms with Gasteiger partial charge in [0, 0.05) is 11.6 Å². The molecule has 0 aliphatic rings. The van der Waals surface area contributed by atoms with Gasteiger partial charge in [0.2, 0.25) is 0 Å². The molecule has 18 heavy (non-hydrogen) atoms. The van der Waals surface area contributed by atoms with E-state index in [1.165, 1.54) is 18.2 Å². The van der Waals surface area contributed by atoms with Crippen molar-refractivity contribution in [2.24, 2.45) is 0 Å². The normalized spacial score (nSPS) is 10.4. The van der Waals surface area contributed by atoms with Gasteiger partial charge in [0.05, 0.1) is 5.69 Å². The lowest BCUT2D eigenvalue weighted by Gasteiger charge is -2.10. The summed E-state index contributed by atoms with van der Waals surface area (Å²) in [6.45, 7) is 2.13. The number of benzene rings is 2. The monoisotopic (exact) mass is 267 g/mol. The van der Waals surface area contributed by atoms with Gasteiger partial charge in [-0.1, -0.05) is 23.7 Å². The summed E-state index contributed by atoms with van der Waals surface area (Å²) in [5.41, 5.74) is 1.90. The van der Waals surface area contributed by atoms with Gasteiger partial charge in [-0.2, -0.15) is 0 Å². The van der Waals surface area contributed by atoms with Crippen LogP contribution in [0.5, 0.6) is 0 Å². The summed E-state index contributed by atoms with van der Waals surface area (Å²) in [6.07, 6.45) is 0. The first-order chi connectivity index (χ1) is 8.56. The SMILES string of the molecule is Cc1cccc(F)c1NCc1cc(F)cc(Cl)c1. The standard InChI is InChI=1S/C14H12ClF2N/c1-9-3-2-4-13(17)14(9)18-8-10-5-11(15)7-12(16)6-10/h2-7,18H,8H2,1H3. The van der Waals surface area contributed by atoms with Crippen molar-refractivity contribution in [3.63, 3.8) is 0 Å². The Balaban J connectivity index is 2.16. The Labute approximate surface area is 109 Å². The molecule has 1 N–H and O–H groups in total. The molecule has 2 aromatic rings. The molecule has 0 saturated carbocycles. The smallest absolute Gasteiger partial charge is 0.146 e. The van der Waals surface area contributed by atoms with Crippen molar-refractivity contribution in [1.82, 2.24) is 0 Å². The summed E-state index contributed by atoms with van der Waals surface area (Å²) in [5, 5.41) is 3.28. The Hall–Kier alpha value is -1.61. The average molecular weight is 268 g/mol. The lowest BCUT2D eigenvalue weighted by atomic mass is 10.1. The Morgan fingerprint density at radius 1 is 1.17 bits per heavy atom. The van der Waals surface area contributed by atoms with Crippen molar-refractivity contribution in [1.29, 1.82) is 0 Å². The van der Waals surface area contributed by atoms with E-state index < -0.39 is 5.82 Å². The zero-order valence-corrected chi connectivity index (χ0v) is 10.6. The predicted octanol–water partition coefficient (Wildman–Crippen LogP) is 4.54. The lowest BCUT2D eigenvalue weighted by Crippen LogP contribution is -2.03. The van der Waals surface area contributed by atoms with Crippen LogP contribution in [-0.4, -0.2) is 0 Å². The highest BCUT2D eigenvalue weighted by atomic mass is 35.5. The fourth-order valence-electron chi connectivity index (χ4n) is 1.76. The molecule has 0 heterocycles. The van der Waals surface area contributed by atoms with E-state index >= 15 is 0 Å². The fourth-order valence-corrected chi connectivity index (χ4v) is 2.00. The van der Waals surface area contributed by atoms with Gasteiger partial charge in [-0.05, 0) is 42.3 Å². The maximum Gasteiger partial charge on any atom is 0.146 e. The summed E-state index contributed by atoms with van der Waals surface area (Å²) in [7, 11) is 0. The number of anilines is 1. The van der Waals surface area contributed by atoms with Crippen LogP contribution in [0.25, 0.3) is 0 Å². The molecule has 0 radical (unpaired) electrons. The minimum atomic E-state index is -0.399. The summed E-state index contributed by atoms with van der Waals surface area (Å²) in [6, 6.07) is 9.09. The molecule has 2 aromatic carbocycles. The first-order valence-corrected chi connectivity index (χ1v) is 5.88. The molecule has 1 nitrogen and oxygen atoms in total. The summed E-state index contributed by atoms with van der Waals surface area (Å²) in [4.78, 5) is 0. The van der Waals surface area contributed by atoms with Crippen molar-refractivity contribution in [3.05, 3.63) is 64.2 Å². The van der Waals surface area contributed by atoms with E-state index in [0.717, 1.165) is 5.56 Å². The topological polar surface area (TPSA) is 12.0 Å². The Kier molecular flexibility index (Phi) is 3.82. The second-order valence-corrected chi connectivity index (χ2v) is 4.50. The van der Waals surface area contributed by atoms with Gasteiger partial charge in [-0.15, -0.1) is 0 Å². The Morgan fingerprint density at radius 3 is 2.61 bits per heavy atom. The molecule has 94 valence electrons. The third-order valence-electron chi connectivity index (χ3n) is 2.61. The van der Waals surface area contributed by atoms with Gasteiger partial charge in [0.1, 0.15) is 11.6 Å². The third kappa shape index (κ3) is 2.99. The Bertz CT molecular complexity index is 529. The minimum absolute atomic E-state index is 0.319. The number of hydrogen-bond acceptors (Lipinski definition) is 1. The van der Waals surface area contributed by atoms with E-state index in [4.69, 9.17) is 11.6 Å². The maximum atomic E-state index is 13.5. The molecule has 2 rings (SSSR count). The molecule has 0 amide bonds. The van der Waals surface area contributed by atoms with Gasteiger partial charge in [-0.25, -0.2) is 8.78 Å². The zero-order chi connectivity index (χ0) is 13.1. The number of hydrogen-bond donors (Lipinski definition) is 1. The highest BCUT2D eigenvalue weighted by Crippen LogP contribution is 2.20. The van der Waals surface area contributed by atoms with E-state index in [1.54, 1.807) is 12.1 Å². The average Bonchev–Trinajstić information content (AvgIpc) is 2.27. The zero-order valence-electron chi connectivity index (χ0n) is 9.81. The van der Waals surface area contributed by atoms with E-state index in [2.05, 4.69) is 5.32 Å². The van der Waals surface area contributed by atoms with Gasteiger partial charge in [-0.3, -0.25) is 0 Å². The predicted molar refractivity (Wildman–Crippen MR) is 69.9 cm³/mol. The number of aryl methyl sites for hydroxylation is 1. The van der Waals surface area contributed by atoms with Crippen molar-refractivity contribution in [3.8, 4) is 0 Å². The second-order valence-electron chi connectivity index (χ2n) is 4.06. The van der Waals surface area contributed by atoms with E-state index in [1.807, 2.05) is 13.0 Å². The van der Waals surface area contributed by atoms with Crippen LogP contribution < -0.4 is 5.32 Å². The molecule has 0 aliphatic heterocycles. The van der Waals surface area contributed by atoms with E-state index in [0.29, 0.717) is 22.8 Å². The van der Waals surface area contributed by atoms with Crippen LogP contribution in [0.2, 0.25) is 5.02 Å². The van der Waals surface area contributed by atoms with Crippen LogP contribution >= 0.6 is 11.6 Å². The molecule has 0 aromatic heterocycles. The van der Waals surface area contributed by atoms with Crippen LogP contribution in [0.1, 0.15) is 11.1 Å². The minimum Gasteiger partial charge on any atom is -0.378 e. The van der Waals surface area contributed by atoms with Gasteiger partial charge in [0.25, 0.3) is 0 Å². The summed E-state index contributed by atoms with van der Waals surface area (Å²) >= 11 is 5.75. The van der Waals surface area contributed by atoms with E-state index in [9.17, 15) is 8.78 Å². The molecule has 0 unspecified atom stereocenters. The highest BCUT2D eigenvalue weighted by Gasteiger charge is 2.05. The van der Waals surface area contributed by atoms with Gasteiger partial charge < -0.3 is 5.32 Å². The van der Waals surface area contributed by atoms with Crippen LogP contribution in [0, 0.1) is 18.6 Å². The van der Waals surface area contributed by atoms with Gasteiger partial charge in [0.15, 0.2) is 0 Å². The largest absolute Gasteiger partial charge is 0.378 e. The molecule has 0 bridgehead atoms. The number of nitrogens with one attached hydrogen (secondary N) is 1. The van der Waals surface area contributed by atoms with Crippen molar-refractivity contribution in [2.75, 3.05) is 5.32 Å². The van der Waals surface area contributed by atoms with Crippen molar-refractivity contribution in [2.45, 2.75) is 13.5 Å². The first-order valence-electron chi connectivity index (χ1n) is 5.50. The number of rotatable bonds is 3. The molecule has 0 aliphatic carbocycles. The third-order valence-corrected chi connectivity index (χ3v) is 2.83.